The van der Waals surface area contributed by atoms with Gasteiger partial charge in [-0.2, -0.15) is 5.26 Å². The maximum Gasteiger partial charge on any atom is 0.142 e. The number of fused-ring (bicyclic) bond motifs is 1. The molecule has 1 aromatic heterocycles. The highest BCUT2D eigenvalue weighted by molar-refractivity contribution is 5.82. The zero-order valence-corrected chi connectivity index (χ0v) is 11.9. The number of anilines is 1. The van der Waals surface area contributed by atoms with Crippen LogP contribution in [-0.2, 0) is 11.3 Å². The summed E-state index contributed by atoms with van der Waals surface area (Å²) in [7, 11) is 1.61. The summed E-state index contributed by atoms with van der Waals surface area (Å²) in [4.78, 5) is 4.34. The molecule has 1 atom stereocenters. The minimum absolute atomic E-state index is 0.122. The molecule has 21 heavy (non-hydrogen) atoms. The van der Waals surface area contributed by atoms with E-state index in [1.165, 1.54) is 0 Å². The number of aromatic nitrogens is 1. The Morgan fingerprint density at radius 3 is 2.90 bits per heavy atom. The SMILES string of the molecule is COc1ccccc1-c1c(C#N)c(N)nc2c1CO[C@H]2C. The van der Waals surface area contributed by atoms with Crippen LogP contribution in [0, 0.1) is 11.3 Å². The van der Waals surface area contributed by atoms with E-state index in [1.807, 2.05) is 31.2 Å². The van der Waals surface area contributed by atoms with E-state index < -0.39 is 0 Å². The van der Waals surface area contributed by atoms with E-state index in [2.05, 4.69) is 11.1 Å². The van der Waals surface area contributed by atoms with Gasteiger partial charge in [0.05, 0.1) is 25.5 Å². The van der Waals surface area contributed by atoms with E-state index in [1.54, 1.807) is 7.11 Å². The number of hydrogen-bond acceptors (Lipinski definition) is 5. The van der Waals surface area contributed by atoms with Gasteiger partial charge in [0.25, 0.3) is 0 Å². The number of methoxy groups -OCH3 is 1. The summed E-state index contributed by atoms with van der Waals surface area (Å²) < 4.78 is 11.1. The average Bonchev–Trinajstić information content (AvgIpc) is 2.87. The van der Waals surface area contributed by atoms with Crippen LogP contribution in [0.1, 0.15) is 29.8 Å². The van der Waals surface area contributed by atoms with Crippen LogP contribution in [0.2, 0.25) is 0 Å². The fraction of sp³-hybridized carbons (Fsp3) is 0.250. The molecule has 1 aliphatic heterocycles. The van der Waals surface area contributed by atoms with Crippen LogP contribution in [0.5, 0.6) is 5.75 Å². The molecule has 2 heterocycles. The Kier molecular flexibility index (Phi) is 3.24. The van der Waals surface area contributed by atoms with Gasteiger partial charge in [0.1, 0.15) is 23.2 Å². The predicted octanol–water partition coefficient (Wildman–Crippen LogP) is 2.80. The number of nitrogens with two attached hydrogens (primary N) is 1. The quantitative estimate of drug-likeness (QED) is 0.915. The summed E-state index contributed by atoms with van der Waals surface area (Å²) >= 11 is 0. The second kappa shape index (κ2) is 5.08. The second-order valence-electron chi connectivity index (χ2n) is 4.88. The van der Waals surface area contributed by atoms with Gasteiger partial charge in [0.15, 0.2) is 0 Å². The third-order valence-electron chi connectivity index (χ3n) is 3.71. The third kappa shape index (κ3) is 2.01. The lowest BCUT2D eigenvalue weighted by atomic mass is 9.93. The molecule has 0 unspecified atom stereocenters. The minimum atomic E-state index is -0.122. The molecule has 106 valence electrons. The highest BCUT2D eigenvalue weighted by atomic mass is 16.5. The van der Waals surface area contributed by atoms with Gasteiger partial charge in [-0.25, -0.2) is 4.98 Å². The molecule has 1 aliphatic rings. The Labute approximate surface area is 122 Å². The lowest BCUT2D eigenvalue weighted by molar-refractivity contribution is 0.0780. The van der Waals surface area contributed by atoms with Crippen LogP contribution in [0.4, 0.5) is 5.82 Å². The predicted molar refractivity (Wildman–Crippen MR) is 78.6 cm³/mol. The number of benzene rings is 1. The summed E-state index contributed by atoms with van der Waals surface area (Å²) in [5, 5.41) is 9.47. The standard InChI is InChI=1S/C16H15N3O2/c1-9-15-12(8-21-9)14(11(7-17)16(18)19-15)10-5-3-4-6-13(10)20-2/h3-6,9H,8H2,1-2H3,(H2,18,19)/t9-/m0/s1. The van der Waals surface area contributed by atoms with Crippen molar-refractivity contribution in [3.8, 4) is 22.9 Å². The summed E-state index contributed by atoms with van der Waals surface area (Å²) in [5.41, 5.74) is 9.65. The highest BCUT2D eigenvalue weighted by Crippen LogP contribution is 2.42. The molecule has 0 amide bonds. The van der Waals surface area contributed by atoms with Crippen molar-refractivity contribution in [2.75, 3.05) is 12.8 Å². The lowest BCUT2D eigenvalue weighted by Gasteiger charge is -2.15. The van der Waals surface area contributed by atoms with Gasteiger partial charge in [0, 0.05) is 16.7 Å². The van der Waals surface area contributed by atoms with E-state index in [-0.39, 0.29) is 11.9 Å². The first kappa shape index (κ1) is 13.4. The number of ether oxygens (including phenoxy) is 2. The fourth-order valence-electron chi connectivity index (χ4n) is 2.69. The van der Waals surface area contributed by atoms with Gasteiger partial charge in [-0.15, -0.1) is 0 Å². The molecule has 5 heteroatoms. The van der Waals surface area contributed by atoms with Crippen LogP contribution >= 0.6 is 0 Å². The van der Waals surface area contributed by atoms with E-state index in [0.717, 1.165) is 22.4 Å². The molecule has 0 saturated carbocycles. The summed E-state index contributed by atoms with van der Waals surface area (Å²) in [5.74, 6) is 0.927. The van der Waals surface area contributed by atoms with Gasteiger partial charge in [0.2, 0.25) is 0 Å². The Morgan fingerprint density at radius 2 is 2.19 bits per heavy atom. The molecular weight excluding hydrogens is 266 g/mol. The minimum Gasteiger partial charge on any atom is -0.496 e. The molecule has 0 radical (unpaired) electrons. The Morgan fingerprint density at radius 1 is 1.43 bits per heavy atom. The number of nitrogen functional groups attached to an aromatic ring is 1. The maximum atomic E-state index is 9.47. The molecular formula is C16H15N3O2. The monoisotopic (exact) mass is 281 g/mol. The number of pyridine rings is 1. The number of rotatable bonds is 2. The van der Waals surface area contributed by atoms with Crippen molar-refractivity contribution >= 4 is 5.82 Å². The molecule has 1 aromatic carbocycles. The molecule has 2 aromatic rings. The lowest BCUT2D eigenvalue weighted by Crippen LogP contribution is -2.05. The van der Waals surface area contributed by atoms with Crippen molar-refractivity contribution in [3.63, 3.8) is 0 Å². The third-order valence-corrected chi connectivity index (χ3v) is 3.71. The second-order valence-corrected chi connectivity index (χ2v) is 4.88. The Hall–Kier alpha value is -2.58. The summed E-state index contributed by atoms with van der Waals surface area (Å²) in [6.45, 7) is 2.35. The van der Waals surface area contributed by atoms with Crippen molar-refractivity contribution < 1.29 is 9.47 Å². The van der Waals surface area contributed by atoms with Gasteiger partial charge < -0.3 is 15.2 Å². The molecule has 2 N–H and O–H groups in total. The van der Waals surface area contributed by atoms with Crippen LogP contribution in [-0.4, -0.2) is 12.1 Å². The largest absolute Gasteiger partial charge is 0.496 e. The van der Waals surface area contributed by atoms with Crippen LogP contribution in [0.25, 0.3) is 11.1 Å². The summed E-state index contributed by atoms with van der Waals surface area (Å²) in [6.07, 6.45) is -0.122. The first-order valence-corrected chi connectivity index (χ1v) is 6.64. The molecule has 0 spiro atoms. The number of nitriles is 1. The average molecular weight is 281 g/mol. The Bertz CT molecular complexity index is 750. The molecule has 0 aliphatic carbocycles. The zero-order chi connectivity index (χ0) is 15.0. The van der Waals surface area contributed by atoms with E-state index in [9.17, 15) is 5.26 Å². The molecule has 5 nitrogen and oxygen atoms in total. The van der Waals surface area contributed by atoms with Gasteiger partial charge in [-0.1, -0.05) is 18.2 Å². The van der Waals surface area contributed by atoms with Crippen molar-refractivity contribution in [1.82, 2.24) is 4.98 Å². The molecule has 0 saturated heterocycles. The van der Waals surface area contributed by atoms with Crippen LogP contribution < -0.4 is 10.5 Å². The topological polar surface area (TPSA) is 81.2 Å². The normalized spacial score (nSPS) is 16.3. The Balaban J connectivity index is 2.37. The first-order chi connectivity index (χ1) is 10.2. The van der Waals surface area contributed by atoms with Crippen LogP contribution in [0.15, 0.2) is 24.3 Å². The van der Waals surface area contributed by atoms with Crippen LogP contribution in [0.3, 0.4) is 0 Å². The van der Waals surface area contributed by atoms with Crippen molar-refractivity contribution in [2.45, 2.75) is 19.6 Å². The van der Waals surface area contributed by atoms with E-state index in [0.29, 0.717) is 17.9 Å². The smallest absolute Gasteiger partial charge is 0.142 e. The summed E-state index contributed by atoms with van der Waals surface area (Å²) in [6, 6.07) is 9.73. The van der Waals surface area contributed by atoms with Gasteiger partial charge >= 0.3 is 0 Å². The molecule has 0 bridgehead atoms. The number of nitrogens with zero attached hydrogens (tertiary/aromatic N) is 2. The molecule has 3 rings (SSSR count). The van der Waals surface area contributed by atoms with Crippen molar-refractivity contribution in [3.05, 3.63) is 41.1 Å². The number of hydrogen-bond donors (Lipinski definition) is 1. The van der Waals surface area contributed by atoms with E-state index in [4.69, 9.17) is 15.2 Å². The maximum absolute atomic E-state index is 9.47. The number of para-hydroxylation sites is 1. The first-order valence-electron chi connectivity index (χ1n) is 6.64. The van der Waals surface area contributed by atoms with Crippen molar-refractivity contribution in [2.24, 2.45) is 0 Å². The molecule has 0 fully saturated rings. The van der Waals surface area contributed by atoms with Gasteiger partial charge in [-0.3, -0.25) is 0 Å². The fourth-order valence-corrected chi connectivity index (χ4v) is 2.69. The van der Waals surface area contributed by atoms with Crippen molar-refractivity contribution in [1.29, 1.82) is 5.26 Å². The highest BCUT2D eigenvalue weighted by Gasteiger charge is 2.29. The zero-order valence-electron chi connectivity index (χ0n) is 11.9. The van der Waals surface area contributed by atoms with Gasteiger partial charge in [-0.05, 0) is 13.0 Å². The van der Waals surface area contributed by atoms with E-state index >= 15 is 0 Å².